The largest absolute Gasteiger partial charge is 0.478 e. The molecule has 1 aromatic carbocycles. The van der Waals surface area contributed by atoms with Gasteiger partial charge in [-0.2, -0.15) is 0 Å². The van der Waals surface area contributed by atoms with Crippen molar-refractivity contribution in [3.63, 3.8) is 0 Å². The fourth-order valence-electron chi connectivity index (χ4n) is 2.73. The Kier molecular flexibility index (Phi) is 4.89. The van der Waals surface area contributed by atoms with Gasteiger partial charge in [-0.05, 0) is 37.5 Å². The molecule has 1 aromatic heterocycles. The minimum absolute atomic E-state index is 0.0293. The predicted molar refractivity (Wildman–Crippen MR) is 86.9 cm³/mol. The first-order valence-corrected chi connectivity index (χ1v) is 7.54. The van der Waals surface area contributed by atoms with Gasteiger partial charge in [-0.25, -0.2) is 4.79 Å². The molecule has 0 saturated carbocycles. The molecule has 0 saturated heterocycles. The Labute approximate surface area is 135 Å². The Balaban J connectivity index is 2.16. The van der Waals surface area contributed by atoms with E-state index in [0.29, 0.717) is 18.7 Å². The molecule has 0 spiro atoms. The summed E-state index contributed by atoms with van der Waals surface area (Å²) < 4.78 is 5.36. The van der Waals surface area contributed by atoms with Crippen molar-refractivity contribution in [3.05, 3.63) is 57.5 Å². The summed E-state index contributed by atoms with van der Waals surface area (Å²) in [6, 6.07) is 5.42. The van der Waals surface area contributed by atoms with Gasteiger partial charge in [0.15, 0.2) is 5.76 Å². The van der Waals surface area contributed by atoms with E-state index < -0.39 is 11.9 Å². The maximum atomic E-state index is 12.2. The lowest BCUT2D eigenvalue weighted by Crippen LogP contribution is -2.23. The summed E-state index contributed by atoms with van der Waals surface area (Å²) in [6.07, 6.45) is 0.422. The van der Waals surface area contributed by atoms with Crippen molar-refractivity contribution in [3.8, 4) is 0 Å². The van der Waals surface area contributed by atoms with Gasteiger partial charge in [0.05, 0.1) is 0 Å². The number of nitrogens with one attached hydrogen (secondary N) is 1. The summed E-state index contributed by atoms with van der Waals surface area (Å²) in [4.78, 5) is 23.3. The van der Waals surface area contributed by atoms with E-state index in [1.54, 1.807) is 6.92 Å². The third kappa shape index (κ3) is 3.62. The topological polar surface area (TPSA) is 79.5 Å². The van der Waals surface area contributed by atoms with Crippen LogP contribution in [-0.2, 0) is 13.0 Å². The summed E-state index contributed by atoms with van der Waals surface area (Å²) in [5.74, 6) is -1.16. The lowest BCUT2D eigenvalue weighted by molar-refractivity contribution is 0.0694. The smallest absolute Gasteiger partial charge is 0.339 e. The Morgan fingerprint density at radius 2 is 1.74 bits per heavy atom. The van der Waals surface area contributed by atoms with E-state index >= 15 is 0 Å². The zero-order valence-electron chi connectivity index (χ0n) is 13.8. The van der Waals surface area contributed by atoms with Crippen LogP contribution < -0.4 is 5.32 Å². The van der Waals surface area contributed by atoms with Crippen molar-refractivity contribution in [1.29, 1.82) is 0 Å². The van der Waals surface area contributed by atoms with Crippen LogP contribution >= 0.6 is 0 Å². The Hall–Kier alpha value is -2.56. The molecule has 2 rings (SSSR count). The average molecular weight is 315 g/mol. The first kappa shape index (κ1) is 16.8. The molecule has 0 radical (unpaired) electrons. The second kappa shape index (κ2) is 6.69. The number of rotatable bonds is 5. The highest BCUT2D eigenvalue weighted by Gasteiger charge is 2.20. The first-order chi connectivity index (χ1) is 10.8. The summed E-state index contributed by atoms with van der Waals surface area (Å²) >= 11 is 0. The number of hydrogen-bond donors (Lipinski definition) is 2. The molecule has 0 bridgehead atoms. The number of amides is 1. The minimum Gasteiger partial charge on any atom is -0.478 e. The third-order valence-corrected chi connectivity index (χ3v) is 3.85. The zero-order chi connectivity index (χ0) is 17.1. The highest BCUT2D eigenvalue weighted by atomic mass is 16.4. The van der Waals surface area contributed by atoms with E-state index in [0.717, 1.165) is 16.7 Å². The van der Waals surface area contributed by atoms with Crippen molar-refractivity contribution in [1.82, 2.24) is 5.32 Å². The average Bonchev–Trinajstić information content (AvgIpc) is 2.90. The van der Waals surface area contributed by atoms with Gasteiger partial charge >= 0.3 is 5.97 Å². The number of carbonyl (C=O) groups excluding carboxylic acids is 1. The van der Waals surface area contributed by atoms with Crippen LogP contribution in [0.5, 0.6) is 0 Å². The summed E-state index contributed by atoms with van der Waals surface area (Å²) in [7, 11) is 0. The molecule has 2 aromatic rings. The monoisotopic (exact) mass is 315 g/mol. The molecule has 5 nitrogen and oxygen atoms in total. The van der Waals surface area contributed by atoms with Crippen LogP contribution in [0.25, 0.3) is 0 Å². The third-order valence-electron chi connectivity index (χ3n) is 3.85. The molecule has 122 valence electrons. The number of carbonyl (C=O) groups is 2. The molecule has 0 unspecified atom stereocenters. The van der Waals surface area contributed by atoms with Crippen LogP contribution in [0.2, 0.25) is 0 Å². The highest BCUT2D eigenvalue weighted by molar-refractivity contribution is 5.96. The Morgan fingerprint density at radius 3 is 2.22 bits per heavy atom. The zero-order valence-corrected chi connectivity index (χ0v) is 13.8. The lowest BCUT2D eigenvalue weighted by atomic mass is 10.00. The quantitative estimate of drug-likeness (QED) is 0.886. The number of aromatic carboxylic acids is 1. The van der Waals surface area contributed by atoms with Gasteiger partial charge in [-0.3, -0.25) is 4.79 Å². The van der Waals surface area contributed by atoms with Crippen molar-refractivity contribution in [2.45, 2.75) is 40.7 Å². The molecule has 23 heavy (non-hydrogen) atoms. The molecule has 0 aliphatic rings. The van der Waals surface area contributed by atoms with Crippen LogP contribution in [0.3, 0.4) is 0 Å². The van der Waals surface area contributed by atoms with Crippen molar-refractivity contribution in [2.24, 2.45) is 0 Å². The van der Waals surface area contributed by atoms with Gasteiger partial charge in [-0.1, -0.05) is 24.6 Å². The molecule has 1 heterocycles. The van der Waals surface area contributed by atoms with E-state index in [9.17, 15) is 9.59 Å². The van der Waals surface area contributed by atoms with Crippen molar-refractivity contribution < 1.29 is 19.1 Å². The standard InChI is InChI=1S/C18H21NO4/c1-5-15-13(18(21)22)8-16(23-15)17(20)19-9-14-11(3)6-10(2)7-12(14)4/h6-8H,5,9H2,1-4H3,(H,19,20)(H,21,22). The summed E-state index contributed by atoms with van der Waals surface area (Å²) in [5, 5.41) is 11.9. The molecule has 0 fully saturated rings. The van der Waals surface area contributed by atoms with Gasteiger partial charge in [0.25, 0.3) is 5.91 Å². The molecule has 1 amide bonds. The van der Waals surface area contributed by atoms with Crippen LogP contribution in [-0.4, -0.2) is 17.0 Å². The number of carboxylic acid groups (broad SMARTS) is 1. The molecular formula is C18H21NO4. The van der Waals surface area contributed by atoms with E-state index in [-0.39, 0.29) is 11.3 Å². The predicted octanol–water partition coefficient (Wildman–Crippen LogP) is 3.40. The van der Waals surface area contributed by atoms with Crippen LogP contribution in [0.15, 0.2) is 22.6 Å². The van der Waals surface area contributed by atoms with Crippen LogP contribution in [0, 0.1) is 20.8 Å². The number of furan rings is 1. The lowest BCUT2D eigenvalue weighted by Gasteiger charge is -2.11. The second-order valence-corrected chi connectivity index (χ2v) is 5.67. The van der Waals surface area contributed by atoms with Crippen LogP contribution in [0.1, 0.15) is 55.9 Å². The maximum Gasteiger partial charge on any atom is 0.339 e. The maximum absolute atomic E-state index is 12.2. The number of hydrogen-bond acceptors (Lipinski definition) is 3. The SMILES string of the molecule is CCc1oc(C(=O)NCc2c(C)cc(C)cc2C)cc1C(=O)O. The molecule has 2 N–H and O–H groups in total. The molecule has 0 atom stereocenters. The highest BCUT2D eigenvalue weighted by Crippen LogP contribution is 2.18. The van der Waals surface area contributed by atoms with E-state index in [1.165, 1.54) is 11.6 Å². The molecule has 5 heteroatoms. The van der Waals surface area contributed by atoms with Gasteiger partial charge in [0, 0.05) is 19.0 Å². The summed E-state index contributed by atoms with van der Waals surface area (Å²) in [5.41, 5.74) is 4.51. The fraction of sp³-hybridized carbons (Fsp3) is 0.333. The van der Waals surface area contributed by atoms with E-state index in [4.69, 9.17) is 9.52 Å². The normalized spacial score (nSPS) is 10.6. The molecular weight excluding hydrogens is 294 g/mol. The molecule has 0 aliphatic carbocycles. The first-order valence-electron chi connectivity index (χ1n) is 7.54. The Bertz CT molecular complexity index is 735. The van der Waals surface area contributed by atoms with Crippen molar-refractivity contribution >= 4 is 11.9 Å². The Morgan fingerprint density at radius 1 is 1.13 bits per heavy atom. The summed E-state index contributed by atoms with van der Waals surface area (Å²) in [6.45, 7) is 8.20. The number of benzene rings is 1. The number of aryl methyl sites for hydroxylation is 4. The second-order valence-electron chi connectivity index (χ2n) is 5.67. The fourth-order valence-corrected chi connectivity index (χ4v) is 2.73. The molecule has 0 aliphatic heterocycles. The van der Waals surface area contributed by atoms with Gasteiger partial charge in [0.2, 0.25) is 0 Å². The van der Waals surface area contributed by atoms with Crippen molar-refractivity contribution in [2.75, 3.05) is 0 Å². The van der Waals surface area contributed by atoms with Crippen LogP contribution in [0.4, 0.5) is 0 Å². The van der Waals surface area contributed by atoms with Gasteiger partial charge in [-0.15, -0.1) is 0 Å². The van der Waals surface area contributed by atoms with Gasteiger partial charge < -0.3 is 14.8 Å². The van der Waals surface area contributed by atoms with E-state index in [1.807, 2.05) is 20.8 Å². The number of carboxylic acids is 1. The van der Waals surface area contributed by atoms with E-state index in [2.05, 4.69) is 17.4 Å². The van der Waals surface area contributed by atoms with Gasteiger partial charge in [0.1, 0.15) is 11.3 Å². The minimum atomic E-state index is -1.09.